The second-order valence-electron chi connectivity index (χ2n) is 2.00. The Morgan fingerprint density at radius 1 is 1.58 bits per heavy atom. The van der Waals surface area contributed by atoms with Crippen molar-refractivity contribution in [2.45, 2.75) is 0 Å². The Kier molecular flexibility index (Phi) is 5.55. The van der Waals surface area contributed by atoms with Crippen LogP contribution in [0, 0.1) is 0 Å². The van der Waals surface area contributed by atoms with Gasteiger partial charge in [0.2, 0.25) is 0 Å². The minimum Gasteiger partial charge on any atom is -0.388 e. The molecule has 1 rings (SSSR count). The smallest absolute Gasteiger partial charge is 0.153 e. The topological polar surface area (TPSA) is 65.2 Å². The van der Waals surface area contributed by atoms with E-state index in [-0.39, 0.29) is 5.82 Å². The summed E-state index contributed by atoms with van der Waals surface area (Å²) < 4.78 is 4.25. The van der Waals surface area contributed by atoms with E-state index in [1.54, 1.807) is 32.5 Å². The Labute approximate surface area is 71.4 Å². The third-order valence-corrected chi connectivity index (χ3v) is 0.998. The molecule has 4 heteroatoms. The van der Waals surface area contributed by atoms with Crippen LogP contribution >= 0.6 is 0 Å². The first-order chi connectivity index (χ1) is 5.76. The number of nitrogens with zero attached hydrogens (tertiary/aromatic N) is 1. The molecule has 0 atom stereocenters. The fourth-order valence-corrected chi connectivity index (χ4v) is 0.530. The number of aldehydes is 1. The molecule has 66 valence electrons. The van der Waals surface area contributed by atoms with Gasteiger partial charge in [-0.1, -0.05) is 0 Å². The monoisotopic (exact) mass is 168 g/mol. The Balaban J connectivity index is 0.000000354. The molecule has 1 aromatic rings. The SMILES string of the molecule is COC.Nc1ncccc1C=O. The fraction of sp³-hybridized carbons (Fsp3) is 0.250. The van der Waals surface area contributed by atoms with Gasteiger partial charge in [-0.15, -0.1) is 0 Å². The molecule has 0 fully saturated rings. The van der Waals surface area contributed by atoms with Gasteiger partial charge in [-0.2, -0.15) is 0 Å². The Hall–Kier alpha value is -1.42. The normalized spacial score (nSPS) is 8.17. The summed E-state index contributed by atoms with van der Waals surface area (Å²) in [4.78, 5) is 13.8. The molecule has 4 nitrogen and oxygen atoms in total. The van der Waals surface area contributed by atoms with Crippen LogP contribution in [0.15, 0.2) is 18.3 Å². The molecule has 0 amide bonds. The van der Waals surface area contributed by atoms with Gasteiger partial charge in [0.1, 0.15) is 5.82 Å². The third kappa shape index (κ3) is 3.68. The molecule has 2 N–H and O–H groups in total. The van der Waals surface area contributed by atoms with Crippen molar-refractivity contribution < 1.29 is 9.53 Å². The molecule has 12 heavy (non-hydrogen) atoms. The summed E-state index contributed by atoms with van der Waals surface area (Å²) in [6.07, 6.45) is 2.23. The van der Waals surface area contributed by atoms with Crippen LogP contribution in [0.4, 0.5) is 5.82 Å². The lowest BCUT2D eigenvalue weighted by atomic mass is 10.3. The molecule has 0 aliphatic heterocycles. The fourth-order valence-electron chi connectivity index (χ4n) is 0.530. The van der Waals surface area contributed by atoms with Gasteiger partial charge in [-0.25, -0.2) is 4.98 Å². The number of methoxy groups -OCH3 is 1. The second kappa shape index (κ2) is 6.30. The van der Waals surface area contributed by atoms with E-state index in [9.17, 15) is 4.79 Å². The first-order valence-electron chi connectivity index (χ1n) is 3.32. The highest BCUT2D eigenvalue weighted by molar-refractivity contribution is 5.81. The van der Waals surface area contributed by atoms with Gasteiger partial charge < -0.3 is 10.5 Å². The number of anilines is 1. The summed E-state index contributed by atoms with van der Waals surface area (Å²) in [7, 11) is 3.25. The first kappa shape index (κ1) is 10.6. The van der Waals surface area contributed by atoms with E-state index in [0.29, 0.717) is 11.8 Å². The maximum absolute atomic E-state index is 10.1. The summed E-state index contributed by atoms with van der Waals surface area (Å²) in [5.74, 6) is 0.285. The highest BCUT2D eigenvalue weighted by Gasteiger charge is 1.92. The number of carbonyl (C=O) groups is 1. The lowest BCUT2D eigenvalue weighted by Crippen LogP contribution is -1.94. The van der Waals surface area contributed by atoms with Crippen molar-refractivity contribution in [3.05, 3.63) is 23.9 Å². The quantitative estimate of drug-likeness (QED) is 0.628. The summed E-state index contributed by atoms with van der Waals surface area (Å²) in [5, 5.41) is 0. The molecule has 0 unspecified atom stereocenters. The van der Waals surface area contributed by atoms with Crippen LogP contribution in [0.25, 0.3) is 0 Å². The number of nitrogens with two attached hydrogens (primary N) is 1. The van der Waals surface area contributed by atoms with Crippen molar-refractivity contribution in [3.63, 3.8) is 0 Å². The minimum atomic E-state index is 0.285. The number of hydrogen-bond donors (Lipinski definition) is 1. The molecular weight excluding hydrogens is 156 g/mol. The van der Waals surface area contributed by atoms with Crippen molar-refractivity contribution in [1.82, 2.24) is 4.98 Å². The van der Waals surface area contributed by atoms with E-state index in [1.807, 2.05) is 0 Å². The average Bonchev–Trinajstić information content (AvgIpc) is 2.07. The summed E-state index contributed by atoms with van der Waals surface area (Å²) in [6, 6.07) is 3.29. The molecule has 0 bridgehead atoms. The van der Waals surface area contributed by atoms with Gasteiger partial charge in [0.05, 0.1) is 5.56 Å². The zero-order valence-electron chi connectivity index (χ0n) is 7.15. The van der Waals surface area contributed by atoms with E-state index >= 15 is 0 Å². The summed E-state index contributed by atoms with van der Waals surface area (Å²) >= 11 is 0. The van der Waals surface area contributed by atoms with Crippen molar-refractivity contribution in [2.75, 3.05) is 20.0 Å². The first-order valence-corrected chi connectivity index (χ1v) is 3.32. The van der Waals surface area contributed by atoms with Crippen molar-refractivity contribution in [3.8, 4) is 0 Å². The van der Waals surface area contributed by atoms with Crippen LogP contribution in [-0.2, 0) is 4.74 Å². The minimum absolute atomic E-state index is 0.285. The Morgan fingerprint density at radius 3 is 2.50 bits per heavy atom. The van der Waals surface area contributed by atoms with Gasteiger partial charge in [0, 0.05) is 20.4 Å². The number of pyridine rings is 1. The molecule has 0 aliphatic carbocycles. The molecule has 0 aromatic carbocycles. The van der Waals surface area contributed by atoms with Gasteiger partial charge in [0.25, 0.3) is 0 Å². The number of carbonyl (C=O) groups excluding carboxylic acids is 1. The van der Waals surface area contributed by atoms with Gasteiger partial charge in [-0.3, -0.25) is 4.79 Å². The van der Waals surface area contributed by atoms with Gasteiger partial charge in [0.15, 0.2) is 6.29 Å². The Morgan fingerprint density at radius 2 is 2.17 bits per heavy atom. The number of rotatable bonds is 1. The zero-order chi connectivity index (χ0) is 9.40. The standard InChI is InChI=1S/C6H6N2O.C2H6O/c7-6-5(4-9)2-1-3-8-6;1-3-2/h1-4H,(H2,7,8);1-2H3. The maximum Gasteiger partial charge on any atom is 0.153 e. The average molecular weight is 168 g/mol. The summed E-state index contributed by atoms with van der Waals surface area (Å²) in [5.41, 5.74) is 5.73. The molecule has 0 saturated heterocycles. The van der Waals surface area contributed by atoms with E-state index in [4.69, 9.17) is 5.73 Å². The zero-order valence-corrected chi connectivity index (χ0v) is 7.15. The van der Waals surface area contributed by atoms with Crippen molar-refractivity contribution in [2.24, 2.45) is 0 Å². The van der Waals surface area contributed by atoms with Crippen molar-refractivity contribution >= 4 is 12.1 Å². The largest absolute Gasteiger partial charge is 0.388 e. The molecule has 0 radical (unpaired) electrons. The second-order valence-corrected chi connectivity index (χ2v) is 2.00. The van der Waals surface area contributed by atoms with Crippen LogP contribution in [0.2, 0.25) is 0 Å². The lowest BCUT2D eigenvalue weighted by molar-refractivity contribution is 0.112. The van der Waals surface area contributed by atoms with Crippen LogP contribution in [0.1, 0.15) is 10.4 Å². The third-order valence-electron chi connectivity index (χ3n) is 0.998. The number of aromatic nitrogens is 1. The highest BCUT2D eigenvalue weighted by Crippen LogP contribution is 2.01. The predicted octanol–water partition coefficient (Wildman–Crippen LogP) is 0.739. The highest BCUT2D eigenvalue weighted by atomic mass is 16.4. The van der Waals surface area contributed by atoms with Crippen molar-refractivity contribution in [1.29, 1.82) is 0 Å². The van der Waals surface area contributed by atoms with Crippen LogP contribution in [0.3, 0.4) is 0 Å². The van der Waals surface area contributed by atoms with Crippen LogP contribution < -0.4 is 5.73 Å². The number of hydrogen-bond acceptors (Lipinski definition) is 4. The van der Waals surface area contributed by atoms with Crippen LogP contribution in [-0.4, -0.2) is 25.5 Å². The van der Waals surface area contributed by atoms with E-state index in [0.717, 1.165) is 0 Å². The van der Waals surface area contributed by atoms with Crippen LogP contribution in [0.5, 0.6) is 0 Å². The van der Waals surface area contributed by atoms with E-state index in [1.165, 1.54) is 0 Å². The Bertz CT molecular complexity index is 238. The van der Waals surface area contributed by atoms with E-state index in [2.05, 4.69) is 9.72 Å². The lowest BCUT2D eigenvalue weighted by Gasteiger charge is -1.91. The molecule has 0 saturated carbocycles. The molecule has 1 aromatic heterocycles. The molecule has 1 heterocycles. The maximum atomic E-state index is 10.1. The van der Waals surface area contributed by atoms with Gasteiger partial charge in [-0.05, 0) is 12.1 Å². The van der Waals surface area contributed by atoms with Gasteiger partial charge >= 0.3 is 0 Å². The summed E-state index contributed by atoms with van der Waals surface area (Å²) in [6.45, 7) is 0. The predicted molar refractivity (Wildman–Crippen MR) is 47.0 cm³/mol. The number of nitrogen functional groups attached to an aromatic ring is 1. The van der Waals surface area contributed by atoms with E-state index < -0.39 is 0 Å². The molecule has 0 spiro atoms. The molecular formula is C8H12N2O2. The molecule has 0 aliphatic rings. The number of ether oxygens (including phenoxy) is 1.